The van der Waals surface area contributed by atoms with Crippen LogP contribution in [-0.4, -0.2) is 20.9 Å². The minimum atomic E-state index is -4.48. The first kappa shape index (κ1) is 17.7. The van der Waals surface area contributed by atoms with Crippen LogP contribution in [0.5, 0.6) is 0 Å². The van der Waals surface area contributed by atoms with Crippen molar-refractivity contribution in [3.8, 4) is 5.69 Å². The average Bonchev–Trinajstić information content (AvgIpc) is 3.10. The molecule has 0 aliphatic heterocycles. The first-order valence-electron chi connectivity index (χ1n) is 7.77. The zero-order chi connectivity index (χ0) is 18.7. The maximum Gasteiger partial charge on any atom is 0.416 e. The first-order valence-corrected chi connectivity index (χ1v) is 7.77. The van der Waals surface area contributed by atoms with Crippen LogP contribution in [0.2, 0.25) is 0 Å². The van der Waals surface area contributed by atoms with Crippen molar-refractivity contribution in [1.29, 1.82) is 0 Å². The van der Waals surface area contributed by atoms with Crippen molar-refractivity contribution in [2.24, 2.45) is 0 Å². The lowest BCUT2D eigenvalue weighted by Crippen LogP contribution is -2.24. The van der Waals surface area contributed by atoms with Gasteiger partial charge in [-0.2, -0.15) is 13.2 Å². The molecule has 0 radical (unpaired) electrons. The third-order valence-electron chi connectivity index (χ3n) is 3.79. The van der Waals surface area contributed by atoms with Crippen LogP contribution >= 0.6 is 0 Å². The summed E-state index contributed by atoms with van der Waals surface area (Å²) in [6, 6.07) is 12.5. The first-order chi connectivity index (χ1) is 12.3. The predicted octanol–water partition coefficient (Wildman–Crippen LogP) is 3.52. The molecular weight excluding hydrogens is 345 g/mol. The van der Waals surface area contributed by atoms with Crippen molar-refractivity contribution in [1.82, 2.24) is 20.3 Å². The summed E-state index contributed by atoms with van der Waals surface area (Å²) >= 11 is 0. The Hall–Kier alpha value is -3.16. The van der Waals surface area contributed by atoms with Crippen LogP contribution in [0.15, 0.2) is 54.7 Å². The molecule has 0 saturated carbocycles. The normalized spacial score (nSPS) is 11.4. The van der Waals surface area contributed by atoms with Crippen molar-refractivity contribution < 1.29 is 18.0 Å². The van der Waals surface area contributed by atoms with Crippen LogP contribution in [0.25, 0.3) is 5.69 Å². The highest BCUT2D eigenvalue weighted by atomic mass is 19.4. The van der Waals surface area contributed by atoms with E-state index >= 15 is 0 Å². The van der Waals surface area contributed by atoms with E-state index in [1.165, 1.54) is 29.1 Å². The van der Waals surface area contributed by atoms with Crippen LogP contribution in [-0.2, 0) is 12.7 Å². The molecule has 5 nitrogen and oxygen atoms in total. The monoisotopic (exact) mass is 360 g/mol. The number of hydrogen-bond donors (Lipinski definition) is 1. The van der Waals surface area contributed by atoms with Crippen molar-refractivity contribution in [3.63, 3.8) is 0 Å². The standard InChI is InChI=1S/C18H15F3N4O/c1-12-6-8-14(9-7-12)25-11-16(23-24-25)17(26)22-10-13-4-2-3-5-15(13)18(19,20)21/h2-9,11H,10H2,1H3,(H,22,26). The zero-order valence-electron chi connectivity index (χ0n) is 13.8. The zero-order valence-corrected chi connectivity index (χ0v) is 13.8. The van der Waals surface area contributed by atoms with Crippen molar-refractivity contribution in [2.75, 3.05) is 0 Å². The van der Waals surface area contributed by atoms with Gasteiger partial charge in [0.15, 0.2) is 5.69 Å². The summed E-state index contributed by atoms with van der Waals surface area (Å²) in [6.45, 7) is 1.69. The Balaban J connectivity index is 1.71. The molecule has 3 aromatic rings. The van der Waals surface area contributed by atoms with Gasteiger partial charge in [-0.15, -0.1) is 5.10 Å². The van der Waals surface area contributed by atoms with Crippen molar-refractivity contribution in [3.05, 3.63) is 77.1 Å². The van der Waals surface area contributed by atoms with E-state index in [2.05, 4.69) is 15.6 Å². The number of nitrogens with one attached hydrogen (secondary N) is 1. The fourth-order valence-corrected chi connectivity index (χ4v) is 2.41. The Morgan fingerprint density at radius 2 is 1.81 bits per heavy atom. The Morgan fingerprint density at radius 1 is 1.12 bits per heavy atom. The minimum absolute atomic E-state index is 0.0146. The number of aromatic nitrogens is 3. The molecule has 1 aromatic heterocycles. The summed E-state index contributed by atoms with van der Waals surface area (Å²) in [5, 5.41) is 10.1. The van der Waals surface area contributed by atoms with Gasteiger partial charge in [0.1, 0.15) is 0 Å². The van der Waals surface area contributed by atoms with E-state index < -0.39 is 17.6 Å². The van der Waals surface area contributed by atoms with E-state index in [1.54, 1.807) is 0 Å². The Morgan fingerprint density at radius 3 is 2.50 bits per heavy atom. The molecule has 0 bridgehead atoms. The number of nitrogens with zero attached hydrogens (tertiary/aromatic N) is 3. The minimum Gasteiger partial charge on any atom is -0.346 e. The molecule has 3 rings (SSSR count). The number of halogens is 3. The van der Waals surface area contributed by atoms with Gasteiger partial charge in [0.2, 0.25) is 0 Å². The Bertz CT molecular complexity index is 917. The molecule has 0 aliphatic rings. The number of alkyl halides is 3. The van der Waals surface area contributed by atoms with Crippen LogP contribution in [0.1, 0.15) is 27.2 Å². The molecule has 0 saturated heterocycles. The molecule has 1 N–H and O–H groups in total. The maximum absolute atomic E-state index is 13.0. The highest BCUT2D eigenvalue weighted by molar-refractivity contribution is 5.91. The van der Waals surface area contributed by atoms with Gasteiger partial charge in [0.25, 0.3) is 5.91 Å². The maximum atomic E-state index is 13.0. The van der Waals surface area contributed by atoms with Gasteiger partial charge < -0.3 is 5.32 Å². The van der Waals surface area contributed by atoms with E-state index in [9.17, 15) is 18.0 Å². The quantitative estimate of drug-likeness (QED) is 0.774. The lowest BCUT2D eigenvalue weighted by atomic mass is 10.1. The van der Waals surface area contributed by atoms with Gasteiger partial charge in [0.05, 0.1) is 17.4 Å². The molecule has 0 unspecified atom stereocenters. The number of carbonyl (C=O) groups excluding carboxylic acids is 1. The average molecular weight is 360 g/mol. The SMILES string of the molecule is Cc1ccc(-n2cc(C(=O)NCc3ccccc3C(F)(F)F)nn2)cc1. The molecule has 134 valence electrons. The van der Waals surface area contributed by atoms with Gasteiger partial charge in [-0.05, 0) is 30.7 Å². The summed E-state index contributed by atoms with van der Waals surface area (Å²) in [4.78, 5) is 12.2. The molecule has 2 aromatic carbocycles. The largest absolute Gasteiger partial charge is 0.416 e. The lowest BCUT2D eigenvalue weighted by molar-refractivity contribution is -0.138. The second-order valence-corrected chi connectivity index (χ2v) is 5.72. The number of amides is 1. The van der Waals surface area contributed by atoms with Crippen molar-refractivity contribution in [2.45, 2.75) is 19.6 Å². The van der Waals surface area contributed by atoms with Gasteiger partial charge in [-0.1, -0.05) is 41.1 Å². The molecule has 0 aliphatic carbocycles. The summed E-state index contributed by atoms with van der Waals surface area (Å²) in [5.41, 5.74) is 1.04. The molecule has 0 fully saturated rings. The van der Waals surface area contributed by atoms with E-state index in [-0.39, 0.29) is 17.8 Å². The van der Waals surface area contributed by atoms with Crippen molar-refractivity contribution >= 4 is 5.91 Å². The summed E-state index contributed by atoms with van der Waals surface area (Å²) in [5.74, 6) is -0.597. The smallest absolute Gasteiger partial charge is 0.346 e. The second kappa shape index (κ2) is 6.99. The second-order valence-electron chi connectivity index (χ2n) is 5.72. The number of benzene rings is 2. The van der Waals surface area contributed by atoms with Gasteiger partial charge >= 0.3 is 6.18 Å². The predicted molar refractivity (Wildman–Crippen MR) is 88.7 cm³/mol. The Kier molecular flexibility index (Phi) is 4.75. The van der Waals surface area contributed by atoms with E-state index in [1.807, 2.05) is 31.2 Å². The molecule has 8 heteroatoms. The molecule has 26 heavy (non-hydrogen) atoms. The number of carbonyl (C=O) groups is 1. The molecular formula is C18H15F3N4O. The molecule has 1 heterocycles. The highest BCUT2D eigenvalue weighted by Crippen LogP contribution is 2.31. The highest BCUT2D eigenvalue weighted by Gasteiger charge is 2.32. The third kappa shape index (κ3) is 3.90. The molecule has 1 amide bonds. The summed E-state index contributed by atoms with van der Waals surface area (Å²) in [6.07, 6.45) is -3.05. The fraction of sp³-hybridized carbons (Fsp3) is 0.167. The molecule has 0 atom stereocenters. The van der Waals surface area contributed by atoms with E-state index in [4.69, 9.17) is 0 Å². The fourth-order valence-electron chi connectivity index (χ4n) is 2.41. The van der Waals surface area contributed by atoms with E-state index in [0.717, 1.165) is 17.3 Å². The Labute approximate surface area is 147 Å². The van der Waals surface area contributed by atoms with E-state index in [0.29, 0.717) is 0 Å². The third-order valence-corrected chi connectivity index (χ3v) is 3.79. The molecule has 0 spiro atoms. The van der Waals surface area contributed by atoms with Gasteiger partial charge in [0, 0.05) is 6.54 Å². The summed E-state index contributed by atoms with van der Waals surface area (Å²) in [7, 11) is 0. The van der Waals surface area contributed by atoms with Gasteiger partial charge in [-0.25, -0.2) is 4.68 Å². The topological polar surface area (TPSA) is 59.8 Å². The van der Waals surface area contributed by atoms with Crippen LogP contribution in [0.4, 0.5) is 13.2 Å². The van der Waals surface area contributed by atoms with Crippen LogP contribution in [0, 0.1) is 6.92 Å². The van der Waals surface area contributed by atoms with Crippen LogP contribution in [0.3, 0.4) is 0 Å². The van der Waals surface area contributed by atoms with Crippen LogP contribution < -0.4 is 5.32 Å². The van der Waals surface area contributed by atoms with Gasteiger partial charge in [-0.3, -0.25) is 4.79 Å². The number of aryl methyl sites for hydroxylation is 1. The lowest BCUT2D eigenvalue weighted by Gasteiger charge is -2.12. The number of hydrogen-bond acceptors (Lipinski definition) is 3. The number of rotatable bonds is 4. The summed E-state index contributed by atoms with van der Waals surface area (Å²) < 4.78 is 40.4.